The average Bonchev–Trinajstić information content (AvgIpc) is 2.78. The molecule has 2 heterocycles. The molecule has 0 N–H and O–H groups in total. The monoisotopic (exact) mass is 231 g/mol. The lowest BCUT2D eigenvalue weighted by Crippen LogP contribution is -1.87. The van der Waals surface area contributed by atoms with Gasteiger partial charge in [-0.15, -0.1) is 11.3 Å². The normalized spacial score (nSPS) is 9.75. The smallest absolute Gasteiger partial charge is 0.212 e. The molecular weight excluding hydrogens is 222 g/mol. The molecule has 0 aliphatic heterocycles. The molecule has 0 aromatic carbocycles. The second-order valence-corrected chi connectivity index (χ2v) is 3.99. The summed E-state index contributed by atoms with van der Waals surface area (Å²) in [7, 11) is 1.58. The summed E-state index contributed by atoms with van der Waals surface area (Å²) in [6.45, 7) is 0. The summed E-state index contributed by atoms with van der Waals surface area (Å²) in [5.41, 5.74) is 1.78. The summed E-state index contributed by atoms with van der Waals surface area (Å²) < 4.78 is 4.98. The SMILES string of the molecule is COc1ccc(-c2csc(CC#N)n2)cn1. The standard InChI is InChI=1S/C11H9N3OS/c1-15-10-3-2-8(6-13-10)9-7-16-11(14-9)4-5-12/h2-3,6-7H,4H2,1H3. The van der Waals surface area contributed by atoms with Gasteiger partial charge in [-0.1, -0.05) is 0 Å². The Morgan fingerprint density at radius 1 is 1.50 bits per heavy atom. The molecule has 4 nitrogen and oxygen atoms in total. The minimum Gasteiger partial charge on any atom is -0.481 e. The molecule has 0 amide bonds. The summed E-state index contributed by atoms with van der Waals surface area (Å²) in [5.74, 6) is 0.580. The van der Waals surface area contributed by atoms with Crippen LogP contribution >= 0.6 is 11.3 Å². The summed E-state index contributed by atoms with van der Waals surface area (Å²) in [6.07, 6.45) is 2.07. The van der Waals surface area contributed by atoms with Crippen molar-refractivity contribution in [1.29, 1.82) is 5.26 Å². The topological polar surface area (TPSA) is 58.8 Å². The van der Waals surface area contributed by atoms with Gasteiger partial charge in [0.25, 0.3) is 0 Å². The van der Waals surface area contributed by atoms with Gasteiger partial charge in [-0.25, -0.2) is 9.97 Å². The predicted octanol–water partition coefficient (Wildman–Crippen LogP) is 2.28. The quantitative estimate of drug-likeness (QED) is 0.813. The van der Waals surface area contributed by atoms with Crippen LogP contribution in [-0.4, -0.2) is 17.1 Å². The number of ether oxygens (including phenoxy) is 1. The van der Waals surface area contributed by atoms with Crippen molar-refractivity contribution in [2.45, 2.75) is 6.42 Å². The second kappa shape index (κ2) is 4.73. The van der Waals surface area contributed by atoms with Crippen LogP contribution in [0.15, 0.2) is 23.7 Å². The maximum Gasteiger partial charge on any atom is 0.212 e. The van der Waals surface area contributed by atoms with Crippen molar-refractivity contribution in [2.24, 2.45) is 0 Å². The molecule has 16 heavy (non-hydrogen) atoms. The van der Waals surface area contributed by atoms with E-state index in [4.69, 9.17) is 10.00 Å². The first kappa shape index (κ1) is 10.6. The Bertz CT molecular complexity index is 513. The van der Waals surface area contributed by atoms with Gasteiger partial charge in [-0.3, -0.25) is 0 Å². The fourth-order valence-electron chi connectivity index (χ4n) is 1.24. The Labute approximate surface area is 97.2 Å². The lowest BCUT2D eigenvalue weighted by atomic mass is 10.2. The van der Waals surface area contributed by atoms with Crippen LogP contribution < -0.4 is 4.74 Å². The van der Waals surface area contributed by atoms with E-state index in [1.54, 1.807) is 19.4 Å². The minimum absolute atomic E-state index is 0.355. The zero-order valence-electron chi connectivity index (χ0n) is 8.67. The molecule has 0 unspecified atom stereocenters. The Morgan fingerprint density at radius 2 is 2.38 bits per heavy atom. The molecule has 0 saturated heterocycles. The Kier molecular flexibility index (Phi) is 3.13. The first-order valence-corrected chi connectivity index (χ1v) is 5.53. The molecule has 5 heteroatoms. The summed E-state index contributed by atoms with van der Waals surface area (Å²) in [4.78, 5) is 8.45. The molecular formula is C11H9N3OS. The van der Waals surface area contributed by atoms with Gasteiger partial charge >= 0.3 is 0 Å². The highest BCUT2D eigenvalue weighted by Gasteiger charge is 2.04. The first-order valence-electron chi connectivity index (χ1n) is 4.65. The zero-order chi connectivity index (χ0) is 11.4. The van der Waals surface area contributed by atoms with Gasteiger partial charge in [-0.2, -0.15) is 5.26 Å². The molecule has 0 aliphatic rings. The largest absolute Gasteiger partial charge is 0.481 e. The molecule has 2 aromatic heterocycles. The zero-order valence-corrected chi connectivity index (χ0v) is 9.49. The third-order valence-corrected chi connectivity index (χ3v) is 2.87. The number of pyridine rings is 1. The number of hydrogen-bond acceptors (Lipinski definition) is 5. The minimum atomic E-state index is 0.355. The fourth-order valence-corrected chi connectivity index (χ4v) is 1.98. The number of hydrogen-bond donors (Lipinski definition) is 0. The Hall–Kier alpha value is -1.93. The molecule has 2 aromatic rings. The van der Waals surface area contributed by atoms with E-state index >= 15 is 0 Å². The third kappa shape index (κ3) is 2.18. The molecule has 2 rings (SSSR count). The highest BCUT2D eigenvalue weighted by molar-refractivity contribution is 7.10. The first-order chi connectivity index (χ1) is 7.83. The van der Waals surface area contributed by atoms with Crippen molar-refractivity contribution in [3.05, 3.63) is 28.7 Å². The number of nitriles is 1. The second-order valence-electron chi connectivity index (χ2n) is 3.05. The van der Waals surface area contributed by atoms with E-state index in [0.29, 0.717) is 12.3 Å². The van der Waals surface area contributed by atoms with Crippen LogP contribution in [0.2, 0.25) is 0 Å². The van der Waals surface area contributed by atoms with Gasteiger partial charge < -0.3 is 4.74 Å². The van der Waals surface area contributed by atoms with Crippen molar-refractivity contribution in [1.82, 2.24) is 9.97 Å². The highest BCUT2D eigenvalue weighted by Crippen LogP contribution is 2.22. The van der Waals surface area contributed by atoms with Gasteiger partial charge in [0, 0.05) is 23.2 Å². The highest BCUT2D eigenvalue weighted by atomic mass is 32.1. The van der Waals surface area contributed by atoms with Crippen molar-refractivity contribution in [3.8, 4) is 23.2 Å². The van der Waals surface area contributed by atoms with Crippen LogP contribution in [-0.2, 0) is 6.42 Å². The summed E-state index contributed by atoms with van der Waals surface area (Å²) >= 11 is 1.49. The van der Waals surface area contributed by atoms with E-state index in [-0.39, 0.29) is 0 Å². The number of thiazole rings is 1. The van der Waals surface area contributed by atoms with E-state index in [9.17, 15) is 0 Å². The number of aromatic nitrogens is 2. The van der Waals surface area contributed by atoms with E-state index in [1.165, 1.54) is 11.3 Å². The molecule has 0 atom stereocenters. The summed E-state index contributed by atoms with van der Waals surface area (Å²) in [6, 6.07) is 5.77. The molecule has 0 bridgehead atoms. The van der Waals surface area contributed by atoms with Gasteiger partial charge in [-0.05, 0) is 6.07 Å². The van der Waals surface area contributed by atoms with Crippen LogP contribution in [0.1, 0.15) is 5.01 Å². The van der Waals surface area contributed by atoms with E-state index in [0.717, 1.165) is 16.3 Å². The number of rotatable bonds is 3. The molecule has 0 aliphatic carbocycles. The Morgan fingerprint density at radius 3 is 3.00 bits per heavy atom. The summed E-state index contributed by atoms with van der Waals surface area (Å²) in [5, 5.41) is 11.3. The van der Waals surface area contributed by atoms with Crippen molar-refractivity contribution in [2.75, 3.05) is 7.11 Å². The average molecular weight is 231 g/mol. The third-order valence-electron chi connectivity index (χ3n) is 2.02. The van der Waals surface area contributed by atoms with Crippen molar-refractivity contribution < 1.29 is 4.74 Å². The van der Waals surface area contributed by atoms with Crippen LogP contribution in [0, 0.1) is 11.3 Å². The predicted molar refractivity (Wildman–Crippen MR) is 61.2 cm³/mol. The fraction of sp³-hybridized carbons (Fsp3) is 0.182. The van der Waals surface area contributed by atoms with Gasteiger partial charge in [0.2, 0.25) is 5.88 Å². The molecule has 0 saturated carbocycles. The maximum absolute atomic E-state index is 8.56. The molecule has 0 spiro atoms. The van der Waals surface area contributed by atoms with Crippen LogP contribution in [0.3, 0.4) is 0 Å². The molecule has 0 fully saturated rings. The van der Waals surface area contributed by atoms with Crippen molar-refractivity contribution >= 4 is 11.3 Å². The Balaban J connectivity index is 2.25. The van der Waals surface area contributed by atoms with E-state index in [2.05, 4.69) is 16.0 Å². The van der Waals surface area contributed by atoms with Gasteiger partial charge in [0.15, 0.2) is 0 Å². The number of nitrogens with zero attached hydrogens (tertiary/aromatic N) is 3. The van der Waals surface area contributed by atoms with Crippen LogP contribution in [0.4, 0.5) is 0 Å². The van der Waals surface area contributed by atoms with Crippen molar-refractivity contribution in [3.63, 3.8) is 0 Å². The molecule has 0 radical (unpaired) electrons. The lowest BCUT2D eigenvalue weighted by Gasteiger charge is -1.99. The van der Waals surface area contributed by atoms with Gasteiger partial charge in [0.1, 0.15) is 5.01 Å². The lowest BCUT2D eigenvalue weighted by molar-refractivity contribution is 0.398. The van der Waals surface area contributed by atoms with Gasteiger partial charge in [0.05, 0.1) is 25.3 Å². The van der Waals surface area contributed by atoms with E-state index in [1.807, 2.05) is 11.4 Å². The van der Waals surface area contributed by atoms with Crippen LogP contribution in [0.5, 0.6) is 5.88 Å². The molecule has 80 valence electrons. The number of methoxy groups -OCH3 is 1. The maximum atomic E-state index is 8.56. The van der Waals surface area contributed by atoms with E-state index < -0.39 is 0 Å². The van der Waals surface area contributed by atoms with Crippen LogP contribution in [0.25, 0.3) is 11.3 Å².